The summed E-state index contributed by atoms with van der Waals surface area (Å²) in [7, 11) is 0. The summed E-state index contributed by atoms with van der Waals surface area (Å²) in [6, 6.07) is 13.8. The normalized spacial score (nSPS) is 10.7. The number of aryl methyl sites for hydroxylation is 1. The van der Waals surface area contributed by atoms with E-state index in [0.29, 0.717) is 23.9 Å². The molecule has 0 atom stereocenters. The Kier molecular flexibility index (Phi) is 4.49. The largest absolute Gasteiger partial charge is 0.393 e. The quantitative estimate of drug-likeness (QED) is 0.501. The summed E-state index contributed by atoms with van der Waals surface area (Å²) in [4.78, 5) is 17.2. The maximum Gasteiger partial charge on any atom is 0.159 e. The van der Waals surface area contributed by atoms with Gasteiger partial charge in [-0.2, -0.15) is 0 Å². The molecule has 0 aliphatic heterocycles. The summed E-state index contributed by atoms with van der Waals surface area (Å²) in [5, 5.41) is 7.54. The molecule has 0 aliphatic carbocycles. The van der Waals surface area contributed by atoms with Crippen molar-refractivity contribution in [3.05, 3.63) is 72.4 Å². The molecule has 0 bridgehead atoms. The van der Waals surface area contributed by atoms with E-state index < -0.39 is 0 Å². The van der Waals surface area contributed by atoms with Gasteiger partial charge in [0.25, 0.3) is 0 Å². The first-order valence-corrected chi connectivity index (χ1v) is 8.57. The van der Waals surface area contributed by atoms with E-state index in [9.17, 15) is 0 Å². The first kappa shape index (κ1) is 16.7. The van der Waals surface area contributed by atoms with Crippen LogP contribution in [0.25, 0.3) is 10.9 Å². The van der Waals surface area contributed by atoms with Gasteiger partial charge in [0.15, 0.2) is 11.6 Å². The maximum atomic E-state index is 6.28. The number of benzene rings is 1. The highest BCUT2D eigenvalue weighted by Gasteiger charge is 2.10. The molecule has 3 heterocycles. The Morgan fingerprint density at radius 2 is 1.89 bits per heavy atom. The van der Waals surface area contributed by atoms with E-state index in [1.807, 2.05) is 49.4 Å². The fraction of sp³-hybridized carbons (Fsp3) is 0.100. The van der Waals surface area contributed by atoms with Crippen molar-refractivity contribution < 1.29 is 0 Å². The number of pyridine rings is 2. The van der Waals surface area contributed by atoms with Gasteiger partial charge in [0.1, 0.15) is 12.0 Å². The molecule has 1 aromatic carbocycles. The smallest absolute Gasteiger partial charge is 0.159 e. The van der Waals surface area contributed by atoms with Crippen LogP contribution in [0.15, 0.2) is 61.2 Å². The van der Waals surface area contributed by atoms with Crippen LogP contribution in [0.3, 0.4) is 0 Å². The predicted octanol–water partition coefficient (Wildman–Crippen LogP) is 3.67. The Bertz CT molecular complexity index is 1080. The zero-order valence-electron chi connectivity index (χ0n) is 14.8. The zero-order chi connectivity index (χ0) is 18.6. The average molecular weight is 357 g/mol. The lowest BCUT2D eigenvalue weighted by molar-refractivity contribution is 1.07. The molecule has 0 aliphatic rings. The summed E-state index contributed by atoms with van der Waals surface area (Å²) in [6.07, 6.45) is 5.03. The summed E-state index contributed by atoms with van der Waals surface area (Å²) < 4.78 is 0. The van der Waals surface area contributed by atoms with E-state index in [2.05, 4.69) is 30.6 Å². The van der Waals surface area contributed by atoms with Crippen molar-refractivity contribution in [1.82, 2.24) is 19.9 Å². The maximum absolute atomic E-state index is 6.28. The molecule has 27 heavy (non-hydrogen) atoms. The van der Waals surface area contributed by atoms with Crippen LogP contribution in [0, 0.1) is 6.92 Å². The number of aromatic nitrogens is 4. The van der Waals surface area contributed by atoms with Crippen LogP contribution in [-0.4, -0.2) is 19.9 Å². The number of nitrogens with two attached hydrogens (primary N) is 1. The van der Waals surface area contributed by atoms with E-state index >= 15 is 0 Å². The molecular weight excluding hydrogens is 338 g/mol. The second-order valence-corrected chi connectivity index (χ2v) is 6.15. The van der Waals surface area contributed by atoms with Crippen molar-refractivity contribution in [2.75, 3.05) is 16.4 Å². The number of nitrogens with one attached hydrogen (secondary N) is 2. The monoisotopic (exact) mass is 357 g/mol. The third-order valence-electron chi connectivity index (χ3n) is 4.19. The Balaban J connectivity index is 1.60. The van der Waals surface area contributed by atoms with E-state index in [-0.39, 0.29) is 0 Å². The summed E-state index contributed by atoms with van der Waals surface area (Å²) >= 11 is 0. The minimum Gasteiger partial charge on any atom is -0.393 e. The van der Waals surface area contributed by atoms with E-state index in [1.54, 1.807) is 12.4 Å². The van der Waals surface area contributed by atoms with Gasteiger partial charge < -0.3 is 16.4 Å². The van der Waals surface area contributed by atoms with E-state index in [4.69, 9.17) is 5.73 Å². The third-order valence-corrected chi connectivity index (χ3v) is 4.19. The Morgan fingerprint density at radius 1 is 1.00 bits per heavy atom. The minimum absolute atomic E-state index is 0.457. The van der Waals surface area contributed by atoms with Gasteiger partial charge in [0.05, 0.1) is 5.52 Å². The second-order valence-electron chi connectivity index (χ2n) is 6.15. The van der Waals surface area contributed by atoms with Crippen LogP contribution in [-0.2, 0) is 6.54 Å². The summed E-state index contributed by atoms with van der Waals surface area (Å²) in [6.45, 7) is 2.55. The van der Waals surface area contributed by atoms with Gasteiger partial charge in [0.2, 0.25) is 0 Å². The van der Waals surface area contributed by atoms with Crippen LogP contribution < -0.4 is 16.4 Å². The van der Waals surface area contributed by atoms with Gasteiger partial charge >= 0.3 is 0 Å². The fourth-order valence-electron chi connectivity index (χ4n) is 2.82. The number of rotatable bonds is 5. The molecule has 134 valence electrons. The topological polar surface area (TPSA) is 102 Å². The van der Waals surface area contributed by atoms with E-state index in [0.717, 1.165) is 27.8 Å². The molecule has 0 saturated heterocycles. The molecule has 7 heteroatoms. The highest BCUT2D eigenvalue weighted by Crippen LogP contribution is 2.29. The highest BCUT2D eigenvalue weighted by molar-refractivity contribution is 5.94. The van der Waals surface area contributed by atoms with Crippen LogP contribution in [0.1, 0.15) is 11.3 Å². The molecular formula is C20H19N7. The van der Waals surface area contributed by atoms with Crippen molar-refractivity contribution in [2.45, 2.75) is 13.5 Å². The standard InChI is InChI=1S/C20H19N7/c1-13-7-8-15-16(26-13)5-2-6-17(15)27-20-18(21)19(24-12-25-20)23-11-14-4-3-9-22-10-14/h2-10,12H,11,21H2,1H3,(H2,23,24,25,27). The number of hydrogen-bond donors (Lipinski definition) is 3. The van der Waals surface area contributed by atoms with E-state index in [1.165, 1.54) is 6.33 Å². The van der Waals surface area contributed by atoms with Crippen LogP contribution in [0.2, 0.25) is 0 Å². The number of anilines is 4. The number of nitrogens with zero attached hydrogens (tertiary/aromatic N) is 4. The van der Waals surface area contributed by atoms with Crippen molar-refractivity contribution in [1.29, 1.82) is 0 Å². The highest BCUT2D eigenvalue weighted by atomic mass is 15.1. The SMILES string of the molecule is Cc1ccc2c(Nc3ncnc(NCc4cccnc4)c3N)cccc2n1. The van der Waals surface area contributed by atoms with Crippen molar-refractivity contribution in [3.8, 4) is 0 Å². The van der Waals surface area contributed by atoms with Gasteiger partial charge in [-0.3, -0.25) is 9.97 Å². The Hall–Kier alpha value is -3.74. The Labute approximate surface area is 156 Å². The molecule has 0 saturated carbocycles. The van der Waals surface area contributed by atoms with Gasteiger partial charge in [-0.25, -0.2) is 9.97 Å². The summed E-state index contributed by atoms with van der Waals surface area (Å²) in [5.74, 6) is 1.12. The summed E-state index contributed by atoms with van der Waals surface area (Å²) in [5.41, 5.74) is 10.6. The van der Waals surface area contributed by atoms with Gasteiger partial charge in [-0.15, -0.1) is 0 Å². The Morgan fingerprint density at radius 3 is 2.74 bits per heavy atom. The molecule has 4 rings (SSSR count). The molecule has 4 aromatic rings. The minimum atomic E-state index is 0.457. The van der Waals surface area contributed by atoms with Gasteiger partial charge in [-0.05, 0) is 42.8 Å². The zero-order valence-corrected chi connectivity index (χ0v) is 14.8. The fourth-order valence-corrected chi connectivity index (χ4v) is 2.82. The second kappa shape index (κ2) is 7.25. The molecule has 0 radical (unpaired) electrons. The van der Waals surface area contributed by atoms with Crippen molar-refractivity contribution in [3.63, 3.8) is 0 Å². The van der Waals surface area contributed by atoms with Crippen LogP contribution in [0.5, 0.6) is 0 Å². The molecule has 0 unspecified atom stereocenters. The molecule has 0 fully saturated rings. The predicted molar refractivity (Wildman–Crippen MR) is 108 cm³/mol. The van der Waals surface area contributed by atoms with Gasteiger partial charge in [0, 0.05) is 35.7 Å². The number of hydrogen-bond acceptors (Lipinski definition) is 7. The molecule has 0 spiro atoms. The lowest BCUT2D eigenvalue weighted by atomic mass is 10.1. The lowest BCUT2D eigenvalue weighted by Gasteiger charge is -2.14. The molecule has 7 nitrogen and oxygen atoms in total. The first-order valence-electron chi connectivity index (χ1n) is 8.57. The first-order chi connectivity index (χ1) is 13.2. The number of nitrogen functional groups attached to an aromatic ring is 1. The molecule has 4 N–H and O–H groups in total. The van der Waals surface area contributed by atoms with Crippen molar-refractivity contribution >= 4 is 33.9 Å². The molecule has 3 aromatic heterocycles. The van der Waals surface area contributed by atoms with Crippen LogP contribution in [0.4, 0.5) is 23.0 Å². The van der Waals surface area contributed by atoms with Crippen molar-refractivity contribution in [2.24, 2.45) is 0 Å². The van der Waals surface area contributed by atoms with Gasteiger partial charge in [-0.1, -0.05) is 12.1 Å². The molecule has 0 amide bonds. The lowest BCUT2D eigenvalue weighted by Crippen LogP contribution is -2.08. The number of fused-ring (bicyclic) bond motifs is 1. The third kappa shape index (κ3) is 3.62. The average Bonchev–Trinajstić information content (AvgIpc) is 2.69. The van der Waals surface area contributed by atoms with Crippen LogP contribution >= 0.6 is 0 Å².